The van der Waals surface area contributed by atoms with Crippen LogP contribution in [0.1, 0.15) is 41.7 Å². The fourth-order valence-electron chi connectivity index (χ4n) is 3.29. The highest BCUT2D eigenvalue weighted by Gasteiger charge is 2.18. The second-order valence-electron chi connectivity index (χ2n) is 7.14. The zero-order valence-electron chi connectivity index (χ0n) is 19.4. The van der Waals surface area contributed by atoms with Gasteiger partial charge in [-0.1, -0.05) is 23.7 Å². The number of ether oxygens (including phenoxy) is 3. The van der Waals surface area contributed by atoms with Gasteiger partial charge in [-0.15, -0.1) is 11.3 Å². The van der Waals surface area contributed by atoms with Crippen molar-refractivity contribution in [3.63, 3.8) is 0 Å². The average molecular weight is 489 g/mol. The number of carbonyl (C=O) groups is 1. The normalized spacial score (nSPS) is 10.7. The molecule has 176 valence electrons. The number of nitrogens with zero attached hydrogens (tertiary/aromatic N) is 1. The topological polar surface area (TPSA) is 69.7 Å². The van der Waals surface area contributed by atoms with Crippen LogP contribution in [0.25, 0.3) is 10.6 Å². The molecule has 0 fully saturated rings. The number of benzene rings is 2. The lowest BCUT2D eigenvalue weighted by Gasteiger charge is -2.17. The Hall–Kier alpha value is -2.77. The van der Waals surface area contributed by atoms with Crippen LogP contribution in [0.5, 0.6) is 17.2 Å². The molecule has 2 aromatic carbocycles. The third-order valence-corrected chi connectivity index (χ3v) is 6.31. The highest BCUT2D eigenvalue weighted by atomic mass is 35.5. The second-order valence-corrected chi connectivity index (χ2v) is 8.66. The largest absolute Gasteiger partial charge is 0.490 e. The third kappa shape index (κ3) is 6.39. The van der Waals surface area contributed by atoms with Crippen molar-refractivity contribution in [2.45, 2.75) is 34.1 Å². The van der Waals surface area contributed by atoms with Crippen molar-refractivity contribution in [3.8, 4) is 27.8 Å². The van der Waals surface area contributed by atoms with Crippen LogP contribution in [0, 0.1) is 6.92 Å². The van der Waals surface area contributed by atoms with E-state index in [1.165, 1.54) is 0 Å². The van der Waals surface area contributed by atoms with Crippen molar-refractivity contribution < 1.29 is 19.0 Å². The molecule has 0 spiro atoms. The van der Waals surface area contributed by atoms with E-state index in [1.54, 1.807) is 23.5 Å². The molecule has 0 unspecified atom stereocenters. The summed E-state index contributed by atoms with van der Waals surface area (Å²) >= 11 is 7.61. The Bertz CT molecular complexity index is 1060. The molecule has 33 heavy (non-hydrogen) atoms. The maximum Gasteiger partial charge on any atom is 0.251 e. The Labute approximate surface area is 203 Å². The van der Waals surface area contributed by atoms with E-state index in [0.29, 0.717) is 60.6 Å². The van der Waals surface area contributed by atoms with Crippen LogP contribution in [0.15, 0.2) is 36.4 Å². The van der Waals surface area contributed by atoms with Crippen molar-refractivity contribution in [2.75, 3.05) is 26.4 Å². The SMILES string of the molecule is CCOc1cc(C(=O)NCCc2sc(-c3ccc(Cl)cc3)nc2C)cc(OCC)c1OCC. The van der Waals surface area contributed by atoms with E-state index in [0.717, 1.165) is 21.1 Å². The van der Waals surface area contributed by atoms with Gasteiger partial charge in [0.2, 0.25) is 5.75 Å². The maximum atomic E-state index is 12.9. The Morgan fingerprint density at radius 3 is 2.18 bits per heavy atom. The molecule has 3 aromatic rings. The van der Waals surface area contributed by atoms with E-state index in [2.05, 4.69) is 10.3 Å². The molecule has 3 rings (SSSR count). The predicted octanol–water partition coefficient (Wildman–Crippen LogP) is 5.94. The van der Waals surface area contributed by atoms with Crippen molar-refractivity contribution in [2.24, 2.45) is 0 Å². The molecule has 0 saturated heterocycles. The van der Waals surface area contributed by atoms with E-state index < -0.39 is 0 Å². The summed E-state index contributed by atoms with van der Waals surface area (Å²) in [5.74, 6) is 1.33. The molecule has 0 aliphatic heterocycles. The molecule has 1 heterocycles. The Balaban J connectivity index is 1.70. The predicted molar refractivity (Wildman–Crippen MR) is 133 cm³/mol. The zero-order valence-corrected chi connectivity index (χ0v) is 20.9. The van der Waals surface area contributed by atoms with Crippen molar-refractivity contribution in [1.82, 2.24) is 10.3 Å². The fraction of sp³-hybridized carbons (Fsp3) is 0.360. The standard InChI is InChI=1S/C25H29ClN2O4S/c1-5-30-20-14-18(15-21(31-6-2)23(20)32-7-3)24(29)27-13-12-22-16(4)28-25(33-22)17-8-10-19(26)11-9-17/h8-11,14-15H,5-7,12-13H2,1-4H3,(H,27,29). The van der Waals surface area contributed by atoms with Crippen molar-refractivity contribution in [1.29, 1.82) is 0 Å². The molecule has 1 N–H and O–H groups in total. The molecule has 1 aromatic heterocycles. The fourth-order valence-corrected chi connectivity index (χ4v) is 4.48. The van der Waals surface area contributed by atoms with E-state index >= 15 is 0 Å². The van der Waals surface area contributed by atoms with Gasteiger partial charge in [-0.05, 0) is 52.0 Å². The van der Waals surface area contributed by atoms with Gasteiger partial charge in [-0.25, -0.2) is 4.98 Å². The number of hydrogen-bond donors (Lipinski definition) is 1. The van der Waals surface area contributed by atoms with Crippen LogP contribution in [-0.4, -0.2) is 37.3 Å². The summed E-state index contributed by atoms with van der Waals surface area (Å²) in [6, 6.07) is 11.0. The molecular formula is C25H29ClN2O4S. The number of hydrogen-bond acceptors (Lipinski definition) is 6. The van der Waals surface area contributed by atoms with Crippen LogP contribution < -0.4 is 19.5 Å². The van der Waals surface area contributed by atoms with Gasteiger partial charge in [0, 0.05) is 34.0 Å². The third-order valence-electron chi connectivity index (χ3n) is 4.79. The lowest BCUT2D eigenvalue weighted by atomic mass is 10.1. The summed E-state index contributed by atoms with van der Waals surface area (Å²) in [6.45, 7) is 9.53. The second kappa shape index (κ2) is 11.9. The first-order chi connectivity index (χ1) is 16.0. The van der Waals surface area contributed by atoms with E-state index in [-0.39, 0.29) is 5.91 Å². The molecule has 0 atom stereocenters. The lowest BCUT2D eigenvalue weighted by molar-refractivity contribution is 0.0953. The summed E-state index contributed by atoms with van der Waals surface area (Å²) in [4.78, 5) is 18.7. The number of halogens is 1. The van der Waals surface area contributed by atoms with Gasteiger partial charge >= 0.3 is 0 Å². The molecule has 0 bridgehead atoms. The summed E-state index contributed by atoms with van der Waals surface area (Å²) in [6.07, 6.45) is 0.691. The molecule has 0 aliphatic rings. The van der Waals surface area contributed by atoms with Gasteiger partial charge < -0.3 is 19.5 Å². The van der Waals surface area contributed by atoms with Gasteiger partial charge in [0.25, 0.3) is 5.91 Å². The number of rotatable bonds is 11. The molecule has 0 radical (unpaired) electrons. The summed E-state index contributed by atoms with van der Waals surface area (Å²) < 4.78 is 17.1. The Morgan fingerprint density at radius 2 is 1.61 bits per heavy atom. The molecule has 0 saturated carbocycles. The molecule has 8 heteroatoms. The Morgan fingerprint density at radius 1 is 1.00 bits per heavy atom. The van der Waals surface area contributed by atoms with Crippen LogP contribution >= 0.6 is 22.9 Å². The number of thiazole rings is 1. The number of aromatic nitrogens is 1. The summed E-state index contributed by atoms with van der Waals surface area (Å²) in [5, 5.41) is 4.63. The minimum Gasteiger partial charge on any atom is -0.490 e. The zero-order chi connectivity index (χ0) is 23.8. The molecule has 0 aliphatic carbocycles. The maximum absolute atomic E-state index is 12.9. The first kappa shape index (κ1) is 24.9. The molecule has 1 amide bonds. The summed E-state index contributed by atoms with van der Waals surface area (Å²) in [5.41, 5.74) is 2.47. The number of amides is 1. The lowest BCUT2D eigenvalue weighted by Crippen LogP contribution is -2.25. The van der Waals surface area contributed by atoms with E-state index in [1.807, 2.05) is 52.0 Å². The monoisotopic (exact) mass is 488 g/mol. The van der Waals surface area contributed by atoms with Crippen LogP contribution in [-0.2, 0) is 6.42 Å². The minimum atomic E-state index is -0.194. The van der Waals surface area contributed by atoms with Crippen LogP contribution in [0.4, 0.5) is 0 Å². The quantitative estimate of drug-likeness (QED) is 0.361. The van der Waals surface area contributed by atoms with Gasteiger partial charge in [0.05, 0.1) is 25.5 Å². The smallest absolute Gasteiger partial charge is 0.251 e. The Kier molecular flexibility index (Phi) is 8.97. The van der Waals surface area contributed by atoms with Crippen molar-refractivity contribution >= 4 is 28.8 Å². The van der Waals surface area contributed by atoms with Crippen LogP contribution in [0.2, 0.25) is 5.02 Å². The highest BCUT2D eigenvalue weighted by Crippen LogP contribution is 2.39. The number of carbonyl (C=O) groups excluding carboxylic acids is 1. The van der Waals surface area contributed by atoms with E-state index in [9.17, 15) is 4.79 Å². The molecule has 6 nitrogen and oxygen atoms in total. The van der Waals surface area contributed by atoms with Gasteiger partial charge in [0.1, 0.15) is 5.01 Å². The van der Waals surface area contributed by atoms with Crippen LogP contribution in [0.3, 0.4) is 0 Å². The van der Waals surface area contributed by atoms with Gasteiger partial charge in [0.15, 0.2) is 11.5 Å². The summed E-state index contributed by atoms with van der Waals surface area (Å²) in [7, 11) is 0. The first-order valence-corrected chi connectivity index (χ1v) is 12.2. The molecular weight excluding hydrogens is 460 g/mol. The minimum absolute atomic E-state index is 0.194. The number of nitrogens with one attached hydrogen (secondary N) is 1. The van der Waals surface area contributed by atoms with Crippen molar-refractivity contribution in [3.05, 3.63) is 57.6 Å². The van der Waals surface area contributed by atoms with E-state index in [4.69, 9.17) is 25.8 Å². The highest BCUT2D eigenvalue weighted by molar-refractivity contribution is 7.15. The van der Waals surface area contributed by atoms with Gasteiger partial charge in [-0.3, -0.25) is 4.79 Å². The average Bonchev–Trinajstić information content (AvgIpc) is 3.17. The number of aryl methyl sites for hydroxylation is 1. The van der Waals surface area contributed by atoms with Gasteiger partial charge in [-0.2, -0.15) is 0 Å². The first-order valence-electron chi connectivity index (χ1n) is 11.0.